The Morgan fingerprint density at radius 1 is 1.54 bits per heavy atom. The van der Waals surface area contributed by atoms with Crippen LogP contribution in [0.25, 0.3) is 0 Å². The van der Waals surface area contributed by atoms with Gasteiger partial charge in [-0.3, -0.25) is 9.59 Å². The van der Waals surface area contributed by atoms with Crippen molar-refractivity contribution in [2.75, 3.05) is 0 Å². The summed E-state index contributed by atoms with van der Waals surface area (Å²) in [5.74, 6) is -2.95. The lowest BCUT2D eigenvalue weighted by Gasteiger charge is -2.21. The maximum absolute atomic E-state index is 10.8. The van der Waals surface area contributed by atoms with Gasteiger partial charge in [0.1, 0.15) is 5.92 Å². The highest BCUT2D eigenvalue weighted by Crippen LogP contribution is 2.40. The van der Waals surface area contributed by atoms with Crippen LogP contribution in [0.4, 0.5) is 0 Å². The summed E-state index contributed by atoms with van der Waals surface area (Å²) in [4.78, 5) is 21.3. The van der Waals surface area contributed by atoms with Crippen molar-refractivity contribution in [3.05, 3.63) is 0 Å². The van der Waals surface area contributed by atoms with Crippen molar-refractivity contribution in [2.24, 2.45) is 5.92 Å². The number of halogens is 3. The third kappa shape index (κ3) is 2.39. The van der Waals surface area contributed by atoms with E-state index in [1.807, 2.05) is 0 Å². The molecular formula is C6H5Cl3O4. The largest absolute Gasteiger partial charge is 0.481 e. The minimum absolute atomic E-state index is 0.256. The molecule has 13 heavy (non-hydrogen) atoms. The molecular weight excluding hydrogens is 242 g/mol. The Morgan fingerprint density at radius 2 is 2.08 bits per heavy atom. The van der Waals surface area contributed by atoms with Crippen LogP contribution in [-0.4, -0.2) is 26.9 Å². The van der Waals surface area contributed by atoms with Crippen molar-refractivity contribution in [1.82, 2.24) is 0 Å². The number of rotatable bonds is 1. The monoisotopic (exact) mass is 246 g/mol. The summed E-state index contributed by atoms with van der Waals surface area (Å²) in [6.45, 7) is 0. The fourth-order valence-electron chi connectivity index (χ4n) is 1.07. The molecule has 7 heteroatoms. The molecule has 0 aliphatic carbocycles. The van der Waals surface area contributed by atoms with Crippen LogP contribution in [0.15, 0.2) is 0 Å². The molecule has 0 aromatic rings. The number of hydrogen-bond acceptors (Lipinski definition) is 3. The Morgan fingerprint density at radius 3 is 2.38 bits per heavy atom. The van der Waals surface area contributed by atoms with Crippen LogP contribution >= 0.6 is 34.8 Å². The smallest absolute Gasteiger partial charge is 0.311 e. The van der Waals surface area contributed by atoms with Crippen molar-refractivity contribution in [3.8, 4) is 0 Å². The summed E-state index contributed by atoms with van der Waals surface area (Å²) in [5, 5.41) is 8.66. The molecule has 1 fully saturated rings. The number of esters is 1. The van der Waals surface area contributed by atoms with Crippen molar-refractivity contribution in [1.29, 1.82) is 0 Å². The SMILES string of the molecule is O=C1C[C@@H](C(=O)O)[C@H](C(Cl)(Cl)Cl)O1. The third-order valence-corrected chi connectivity index (χ3v) is 2.30. The van der Waals surface area contributed by atoms with Crippen LogP contribution in [-0.2, 0) is 14.3 Å². The van der Waals surface area contributed by atoms with Gasteiger partial charge in [0.05, 0.1) is 6.42 Å². The van der Waals surface area contributed by atoms with E-state index >= 15 is 0 Å². The van der Waals surface area contributed by atoms with Gasteiger partial charge < -0.3 is 9.84 Å². The second-order valence-electron chi connectivity index (χ2n) is 2.60. The van der Waals surface area contributed by atoms with Gasteiger partial charge in [-0.2, -0.15) is 0 Å². The summed E-state index contributed by atoms with van der Waals surface area (Å²) < 4.78 is 2.69. The van der Waals surface area contributed by atoms with Gasteiger partial charge in [-0.05, 0) is 0 Å². The van der Waals surface area contributed by atoms with E-state index in [0.717, 1.165) is 0 Å². The van der Waals surface area contributed by atoms with Gasteiger partial charge in [0.25, 0.3) is 0 Å². The van der Waals surface area contributed by atoms with E-state index in [9.17, 15) is 9.59 Å². The Hall–Kier alpha value is -0.190. The Balaban J connectivity index is 2.84. The van der Waals surface area contributed by atoms with Crippen LogP contribution < -0.4 is 0 Å². The van der Waals surface area contributed by atoms with E-state index in [1.54, 1.807) is 0 Å². The summed E-state index contributed by atoms with van der Waals surface area (Å²) >= 11 is 16.3. The molecule has 0 aromatic heterocycles. The molecule has 2 atom stereocenters. The van der Waals surface area contributed by atoms with E-state index in [4.69, 9.17) is 39.9 Å². The predicted octanol–water partition coefficient (Wildman–Crippen LogP) is 1.37. The molecule has 0 amide bonds. The number of carbonyl (C=O) groups excluding carboxylic acids is 1. The van der Waals surface area contributed by atoms with Gasteiger partial charge in [-0.15, -0.1) is 0 Å². The molecule has 0 bridgehead atoms. The molecule has 1 saturated heterocycles. The van der Waals surface area contributed by atoms with Crippen molar-refractivity contribution < 1.29 is 19.4 Å². The molecule has 0 saturated carbocycles. The Labute approximate surface area is 88.7 Å². The third-order valence-electron chi connectivity index (χ3n) is 1.65. The molecule has 0 aromatic carbocycles. The van der Waals surface area contributed by atoms with E-state index in [1.165, 1.54) is 0 Å². The van der Waals surface area contributed by atoms with Gasteiger partial charge in [-0.25, -0.2) is 0 Å². The van der Waals surface area contributed by atoms with E-state index in [0.29, 0.717) is 0 Å². The number of ether oxygens (including phenoxy) is 1. The second kappa shape index (κ2) is 3.52. The van der Waals surface area contributed by atoms with Crippen LogP contribution in [0, 0.1) is 5.92 Å². The summed E-state index contributed by atoms with van der Waals surface area (Å²) in [6.07, 6.45) is -1.46. The molecule has 1 aliphatic rings. The molecule has 1 aliphatic heterocycles. The van der Waals surface area contributed by atoms with Gasteiger partial charge in [0, 0.05) is 0 Å². The van der Waals surface area contributed by atoms with E-state index in [2.05, 4.69) is 4.74 Å². The second-order valence-corrected chi connectivity index (χ2v) is 4.97. The standard InChI is InChI=1S/C6H5Cl3O4/c7-6(8,9)4-2(5(11)12)1-3(10)13-4/h2,4H,1H2,(H,11,12)/t2-,4-/m1/s1. The molecule has 0 unspecified atom stereocenters. The molecule has 1 N–H and O–H groups in total. The van der Waals surface area contributed by atoms with Crippen molar-refractivity contribution in [2.45, 2.75) is 16.3 Å². The number of carboxylic acids is 1. The minimum atomic E-state index is -1.89. The summed E-state index contributed by atoms with van der Waals surface area (Å²) in [6, 6.07) is 0. The van der Waals surface area contributed by atoms with Crippen LogP contribution in [0.3, 0.4) is 0 Å². The first-order valence-electron chi connectivity index (χ1n) is 3.31. The quantitative estimate of drug-likeness (QED) is 0.561. The first kappa shape index (κ1) is 10.9. The predicted molar refractivity (Wildman–Crippen MR) is 45.9 cm³/mol. The minimum Gasteiger partial charge on any atom is -0.481 e. The molecule has 1 rings (SSSR count). The molecule has 74 valence electrons. The van der Waals surface area contributed by atoms with Crippen LogP contribution in [0.2, 0.25) is 0 Å². The zero-order valence-corrected chi connectivity index (χ0v) is 8.44. The fraction of sp³-hybridized carbons (Fsp3) is 0.667. The maximum Gasteiger partial charge on any atom is 0.311 e. The summed E-state index contributed by atoms with van der Waals surface area (Å²) in [7, 11) is 0. The van der Waals surface area contributed by atoms with Crippen LogP contribution in [0.5, 0.6) is 0 Å². The number of carboxylic acid groups (broad SMARTS) is 1. The van der Waals surface area contributed by atoms with Gasteiger partial charge >= 0.3 is 11.9 Å². The zero-order chi connectivity index (χ0) is 10.2. The first-order valence-corrected chi connectivity index (χ1v) is 4.45. The van der Waals surface area contributed by atoms with E-state index < -0.39 is 27.8 Å². The lowest BCUT2D eigenvalue weighted by molar-refractivity contribution is -0.144. The summed E-state index contributed by atoms with van der Waals surface area (Å²) in [5.41, 5.74) is 0. The molecule has 0 spiro atoms. The molecule has 4 nitrogen and oxygen atoms in total. The fourth-order valence-corrected chi connectivity index (χ4v) is 1.66. The zero-order valence-electron chi connectivity index (χ0n) is 6.17. The lowest BCUT2D eigenvalue weighted by atomic mass is 10.0. The Bertz CT molecular complexity index is 247. The topological polar surface area (TPSA) is 63.6 Å². The van der Waals surface area contributed by atoms with Crippen molar-refractivity contribution in [3.63, 3.8) is 0 Å². The number of alkyl halides is 3. The van der Waals surface area contributed by atoms with Crippen molar-refractivity contribution >= 4 is 46.7 Å². The maximum atomic E-state index is 10.8. The number of aliphatic carboxylic acids is 1. The number of carbonyl (C=O) groups is 2. The van der Waals surface area contributed by atoms with E-state index in [-0.39, 0.29) is 6.42 Å². The molecule has 1 heterocycles. The average Bonchev–Trinajstić information content (AvgIpc) is 2.29. The first-order chi connectivity index (χ1) is 5.82. The number of hydrogen-bond donors (Lipinski definition) is 1. The lowest BCUT2D eigenvalue weighted by Crippen LogP contribution is -2.35. The van der Waals surface area contributed by atoms with Gasteiger partial charge in [0.15, 0.2) is 6.10 Å². The average molecular weight is 247 g/mol. The highest BCUT2D eigenvalue weighted by atomic mass is 35.6. The van der Waals surface area contributed by atoms with Crippen LogP contribution in [0.1, 0.15) is 6.42 Å². The van der Waals surface area contributed by atoms with Gasteiger partial charge in [0.2, 0.25) is 3.79 Å². The van der Waals surface area contributed by atoms with Gasteiger partial charge in [-0.1, -0.05) is 34.8 Å². The molecule has 0 radical (unpaired) electrons. The normalized spacial score (nSPS) is 28.7. The number of cyclic esters (lactones) is 1. The Kier molecular flexibility index (Phi) is 2.95. The highest BCUT2D eigenvalue weighted by Gasteiger charge is 2.50. The highest BCUT2D eigenvalue weighted by molar-refractivity contribution is 6.68.